The van der Waals surface area contributed by atoms with Gasteiger partial charge in [-0.1, -0.05) is 0 Å². The van der Waals surface area contributed by atoms with Crippen molar-refractivity contribution < 1.29 is 60.0 Å². The minimum atomic E-state index is -1.86. The van der Waals surface area contributed by atoms with Crippen LogP contribution in [-0.2, 0) is 23.8 Å². The predicted molar refractivity (Wildman–Crippen MR) is 74.9 cm³/mol. The van der Waals surface area contributed by atoms with E-state index in [4.69, 9.17) is 24.6 Å². The fourth-order valence-electron chi connectivity index (χ4n) is 2.06. The molecule has 14 nitrogen and oxygen atoms in total. The van der Waals surface area contributed by atoms with Gasteiger partial charge in [0.15, 0.2) is 12.4 Å². The molecule has 0 aromatic carbocycles. The largest absolute Gasteiger partial charge is 0.600 e. The van der Waals surface area contributed by atoms with E-state index in [0.717, 1.165) is 0 Å². The fraction of sp³-hybridized carbons (Fsp3) is 0.833. The average Bonchev–Trinajstić information content (AvgIpc) is 2.56. The summed E-state index contributed by atoms with van der Waals surface area (Å²) in [4.78, 5) is 22.8. The van der Waals surface area contributed by atoms with Crippen LogP contribution in [0.5, 0.6) is 0 Å². The van der Waals surface area contributed by atoms with Crippen molar-refractivity contribution in [2.75, 3.05) is 19.7 Å². The topological polar surface area (TPSA) is 218 Å². The molecule has 1 aliphatic rings. The van der Waals surface area contributed by atoms with Crippen LogP contribution >= 0.6 is 0 Å². The van der Waals surface area contributed by atoms with Crippen molar-refractivity contribution in [2.24, 2.45) is 0 Å². The smallest absolute Gasteiger partial charge is 0.312 e. The number of carbonyl (C=O) groups is 2. The SMILES string of the molecule is O=C(CC[NH+]([O-])O)OCC1OC(O)C(OC(=O)CC[NH+]([O-])O)C(O)C1O. The van der Waals surface area contributed by atoms with E-state index in [2.05, 4.69) is 0 Å². The molecule has 0 aromatic rings. The fourth-order valence-corrected chi connectivity index (χ4v) is 2.06. The lowest BCUT2D eigenvalue weighted by Gasteiger charge is -2.39. The van der Waals surface area contributed by atoms with Gasteiger partial charge in [0.2, 0.25) is 0 Å². The summed E-state index contributed by atoms with van der Waals surface area (Å²) in [6.07, 6.45) is -9.25. The molecule has 7 atom stereocenters. The molecule has 1 rings (SSSR count). The second-order valence-corrected chi connectivity index (χ2v) is 5.47. The zero-order chi connectivity index (χ0) is 19.9. The number of carbonyl (C=O) groups excluding carboxylic acids is 2. The monoisotopic (exact) mass is 386 g/mol. The van der Waals surface area contributed by atoms with Crippen LogP contribution in [0.3, 0.4) is 0 Å². The number of hydrogen-bond acceptors (Lipinski definition) is 12. The molecule has 14 heteroatoms. The number of aliphatic hydroxyl groups is 3. The Labute approximate surface area is 146 Å². The quantitative estimate of drug-likeness (QED) is 0.146. The van der Waals surface area contributed by atoms with Gasteiger partial charge < -0.3 is 39.9 Å². The van der Waals surface area contributed by atoms with Gasteiger partial charge in [-0.2, -0.15) is 0 Å². The molecular formula is C12H22N2O12. The van der Waals surface area contributed by atoms with Crippen molar-refractivity contribution in [3.63, 3.8) is 0 Å². The van der Waals surface area contributed by atoms with E-state index in [0.29, 0.717) is 0 Å². The van der Waals surface area contributed by atoms with Crippen molar-refractivity contribution in [3.05, 3.63) is 10.4 Å². The molecule has 7 N–H and O–H groups in total. The number of hydrogen-bond donors (Lipinski definition) is 7. The summed E-state index contributed by atoms with van der Waals surface area (Å²) in [5.41, 5.74) is 0. The first-order valence-corrected chi connectivity index (χ1v) is 7.60. The molecule has 1 fully saturated rings. The van der Waals surface area contributed by atoms with Crippen molar-refractivity contribution >= 4 is 11.9 Å². The van der Waals surface area contributed by atoms with E-state index >= 15 is 0 Å². The third kappa shape index (κ3) is 7.42. The third-order valence-corrected chi connectivity index (χ3v) is 3.42. The molecular weight excluding hydrogens is 364 g/mol. The maximum absolute atomic E-state index is 11.5. The van der Waals surface area contributed by atoms with Crippen molar-refractivity contribution in [3.8, 4) is 0 Å². The molecule has 0 amide bonds. The Morgan fingerprint density at radius 1 is 0.962 bits per heavy atom. The second-order valence-electron chi connectivity index (χ2n) is 5.47. The maximum atomic E-state index is 11.5. The van der Waals surface area contributed by atoms with Crippen molar-refractivity contribution in [2.45, 2.75) is 43.5 Å². The van der Waals surface area contributed by atoms with Gasteiger partial charge in [-0.05, 0) is 0 Å². The van der Waals surface area contributed by atoms with Gasteiger partial charge in [0.25, 0.3) is 0 Å². The minimum Gasteiger partial charge on any atom is -0.600 e. The van der Waals surface area contributed by atoms with Crippen LogP contribution in [-0.4, -0.2) is 88.1 Å². The third-order valence-electron chi connectivity index (χ3n) is 3.42. The molecule has 0 aromatic heterocycles. The minimum absolute atomic E-state index is 0.410. The van der Waals surface area contributed by atoms with Crippen LogP contribution in [0.4, 0.5) is 0 Å². The van der Waals surface area contributed by atoms with Gasteiger partial charge in [-0.15, -0.1) is 0 Å². The molecule has 0 spiro atoms. The molecule has 0 saturated carbocycles. The normalized spacial score (nSPS) is 31.1. The molecule has 26 heavy (non-hydrogen) atoms. The standard InChI is InChI=1S/C12H22N2O12/c15-7(1-3-13(20)21)24-5-6-9(17)10(18)11(12(19)25-6)26-8(16)2-4-14(22)23/h6,9-14,17-20,22H,1-5H2. The average molecular weight is 386 g/mol. The van der Waals surface area contributed by atoms with Crippen molar-refractivity contribution in [1.29, 1.82) is 0 Å². The van der Waals surface area contributed by atoms with Crippen molar-refractivity contribution in [1.82, 2.24) is 0 Å². The van der Waals surface area contributed by atoms with Crippen LogP contribution in [0.15, 0.2) is 0 Å². The highest BCUT2D eigenvalue weighted by Crippen LogP contribution is 2.23. The summed E-state index contributed by atoms with van der Waals surface area (Å²) >= 11 is 0. The molecule has 0 bridgehead atoms. The number of nitrogens with one attached hydrogen (secondary N) is 2. The first-order chi connectivity index (χ1) is 12.1. The zero-order valence-electron chi connectivity index (χ0n) is 13.5. The molecule has 152 valence electrons. The summed E-state index contributed by atoms with van der Waals surface area (Å²) < 4.78 is 14.4. The summed E-state index contributed by atoms with van der Waals surface area (Å²) in [6, 6.07) is 0. The maximum Gasteiger partial charge on any atom is 0.312 e. The summed E-state index contributed by atoms with van der Waals surface area (Å²) in [5, 5.41) is 64.9. The molecule has 7 unspecified atom stereocenters. The van der Waals surface area contributed by atoms with Gasteiger partial charge in [0, 0.05) is 0 Å². The van der Waals surface area contributed by atoms with Gasteiger partial charge in [-0.25, -0.2) is 20.9 Å². The highest BCUT2D eigenvalue weighted by atomic mass is 16.8. The Hall–Kier alpha value is -1.46. The van der Waals surface area contributed by atoms with E-state index in [-0.39, 0.29) is 0 Å². The van der Waals surface area contributed by atoms with Gasteiger partial charge in [0.1, 0.15) is 38.0 Å². The lowest BCUT2D eigenvalue weighted by molar-refractivity contribution is -1.05. The van der Waals surface area contributed by atoms with E-state index in [1.807, 2.05) is 0 Å². The molecule has 1 heterocycles. The van der Waals surface area contributed by atoms with Crippen LogP contribution in [0.2, 0.25) is 0 Å². The van der Waals surface area contributed by atoms with Gasteiger partial charge >= 0.3 is 11.9 Å². The number of ether oxygens (including phenoxy) is 3. The zero-order valence-corrected chi connectivity index (χ0v) is 13.5. The Morgan fingerprint density at radius 3 is 2.04 bits per heavy atom. The van der Waals surface area contributed by atoms with Gasteiger partial charge in [-0.3, -0.25) is 9.59 Å². The molecule has 1 saturated heterocycles. The number of hydroxylamine groups is 4. The number of quaternary nitrogens is 2. The Balaban J connectivity index is 2.49. The lowest BCUT2D eigenvalue weighted by Crippen LogP contribution is -3.04. The Kier molecular flexibility index (Phi) is 9.23. The van der Waals surface area contributed by atoms with E-state index in [1.54, 1.807) is 0 Å². The van der Waals surface area contributed by atoms with Crippen LogP contribution in [0, 0.1) is 10.4 Å². The van der Waals surface area contributed by atoms with E-state index in [9.17, 15) is 35.3 Å². The first-order valence-electron chi connectivity index (χ1n) is 7.60. The highest BCUT2D eigenvalue weighted by Gasteiger charge is 2.46. The summed E-state index contributed by atoms with van der Waals surface area (Å²) in [7, 11) is 0. The molecule has 0 aliphatic carbocycles. The lowest BCUT2D eigenvalue weighted by atomic mass is 9.99. The van der Waals surface area contributed by atoms with Crippen LogP contribution in [0.1, 0.15) is 12.8 Å². The Morgan fingerprint density at radius 2 is 1.50 bits per heavy atom. The van der Waals surface area contributed by atoms with Crippen LogP contribution < -0.4 is 10.5 Å². The highest BCUT2D eigenvalue weighted by molar-refractivity contribution is 5.70. The number of esters is 2. The summed E-state index contributed by atoms with van der Waals surface area (Å²) in [6.45, 7) is -1.55. The van der Waals surface area contributed by atoms with Crippen LogP contribution in [0.25, 0.3) is 0 Å². The first kappa shape index (κ1) is 22.6. The van der Waals surface area contributed by atoms with E-state index in [1.165, 1.54) is 0 Å². The summed E-state index contributed by atoms with van der Waals surface area (Å²) in [5.74, 6) is -1.90. The second kappa shape index (κ2) is 10.6. The number of rotatable bonds is 9. The number of aliphatic hydroxyl groups excluding tert-OH is 3. The molecule has 0 radical (unpaired) electrons. The van der Waals surface area contributed by atoms with Gasteiger partial charge in [0.05, 0.1) is 12.8 Å². The van der Waals surface area contributed by atoms with E-state index < -0.39 is 85.6 Å². The predicted octanol–water partition coefficient (Wildman–Crippen LogP) is -5.80. The molecule has 1 aliphatic heterocycles. The Bertz CT molecular complexity index is 459.